The number of nitrogens with zero attached hydrogens (tertiary/aromatic N) is 2. The first-order chi connectivity index (χ1) is 10.7. The zero-order valence-electron chi connectivity index (χ0n) is 13.7. The lowest BCUT2D eigenvalue weighted by molar-refractivity contribution is -0.143. The lowest BCUT2D eigenvalue weighted by atomic mass is 10.2. The third-order valence-corrected chi connectivity index (χ3v) is 4.10. The van der Waals surface area contributed by atoms with E-state index in [1.807, 2.05) is 0 Å². The van der Waals surface area contributed by atoms with Crippen molar-refractivity contribution >= 4 is 6.03 Å². The molecule has 2 rings (SSSR count). The smallest absolute Gasteiger partial charge is 0.376 e. The molecule has 0 unspecified atom stereocenters. The number of nitrogens with one attached hydrogen (secondary N) is 1. The van der Waals surface area contributed by atoms with Crippen LogP contribution in [-0.4, -0.2) is 73.5 Å². The molecule has 2 atom stereocenters. The Labute approximate surface area is 135 Å². The number of carbonyl (C=O) groups is 1. The molecule has 0 aromatic heterocycles. The van der Waals surface area contributed by atoms with Crippen molar-refractivity contribution in [1.29, 1.82) is 0 Å². The van der Waals surface area contributed by atoms with E-state index in [0.29, 0.717) is 38.6 Å². The first-order valence-electron chi connectivity index (χ1n) is 8.19. The van der Waals surface area contributed by atoms with E-state index in [1.54, 1.807) is 4.90 Å². The van der Waals surface area contributed by atoms with Crippen LogP contribution in [0.4, 0.5) is 18.0 Å². The van der Waals surface area contributed by atoms with Crippen LogP contribution >= 0.6 is 0 Å². The largest absolute Gasteiger partial charge is 0.401 e. The fourth-order valence-corrected chi connectivity index (χ4v) is 2.99. The van der Waals surface area contributed by atoms with Crippen LogP contribution in [0.25, 0.3) is 0 Å². The predicted octanol–water partition coefficient (Wildman–Crippen LogP) is 2.08. The second-order valence-electron chi connectivity index (χ2n) is 6.87. The van der Waals surface area contributed by atoms with Crippen molar-refractivity contribution in [2.24, 2.45) is 5.92 Å². The van der Waals surface area contributed by atoms with Gasteiger partial charge in [-0.05, 0) is 18.8 Å². The van der Waals surface area contributed by atoms with Crippen LogP contribution in [0.2, 0.25) is 0 Å². The van der Waals surface area contributed by atoms with Gasteiger partial charge in [0.15, 0.2) is 0 Å². The van der Waals surface area contributed by atoms with Crippen molar-refractivity contribution in [2.75, 3.05) is 39.3 Å². The Kier molecular flexibility index (Phi) is 6.13. The highest BCUT2D eigenvalue weighted by atomic mass is 19.4. The highest BCUT2D eigenvalue weighted by molar-refractivity contribution is 5.75. The van der Waals surface area contributed by atoms with Gasteiger partial charge in [0.25, 0.3) is 0 Å². The summed E-state index contributed by atoms with van der Waals surface area (Å²) in [5, 5.41) is 2.84. The lowest BCUT2D eigenvalue weighted by Gasteiger charge is -2.22. The summed E-state index contributed by atoms with van der Waals surface area (Å²) in [5.74, 6) is 0.455. The molecule has 0 aromatic rings. The van der Waals surface area contributed by atoms with Crippen molar-refractivity contribution in [3.05, 3.63) is 0 Å². The minimum Gasteiger partial charge on any atom is -0.376 e. The highest BCUT2D eigenvalue weighted by Crippen LogP contribution is 2.20. The van der Waals surface area contributed by atoms with Crippen LogP contribution in [0, 0.1) is 5.92 Å². The van der Waals surface area contributed by atoms with Crippen LogP contribution < -0.4 is 5.32 Å². The maximum absolute atomic E-state index is 12.4. The number of ether oxygens (including phenoxy) is 1. The minimum atomic E-state index is -4.19. The summed E-state index contributed by atoms with van der Waals surface area (Å²) in [6.45, 7) is 5.73. The molecule has 0 radical (unpaired) electrons. The Morgan fingerprint density at radius 3 is 2.65 bits per heavy atom. The van der Waals surface area contributed by atoms with Gasteiger partial charge < -0.3 is 15.0 Å². The van der Waals surface area contributed by atoms with Gasteiger partial charge in [0.1, 0.15) is 0 Å². The van der Waals surface area contributed by atoms with Crippen LogP contribution in [0.5, 0.6) is 0 Å². The molecule has 134 valence electrons. The second kappa shape index (κ2) is 7.70. The minimum absolute atomic E-state index is 0.0634. The zero-order valence-corrected chi connectivity index (χ0v) is 13.7. The fraction of sp³-hybridized carbons (Fsp3) is 0.933. The predicted molar refractivity (Wildman–Crippen MR) is 80.2 cm³/mol. The Hall–Kier alpha value is -1.02. The zero-order chi connectivity index (χ0) is 17.0. The van der Waals surface area contributed by atoms with Crippen molar-refractivity contribution < 1.29 is 22.7 Å². The van der Waals surface area contributed by atoms with Gasteiger partial charge in [-0.25, -0.2) is 4.79 Å². The molecule has 23 heavy (non-hydrogen) atoms. The monoisotopic (exact) mass is 337 g/mol. The van der Waals surface area contributed by atoms with Crippen molar-refractivity contribution in [2.45, 2.75) is 45.0 Å². The summed E-state index contributed by atoms with van der Waals surface area (Å²) in [4.78, 5) is 15.2. The molecular formula is C15H26F3N3O2. The molecule has 2 heterocycles. The van der Waals surface area contributed by atoms with E-state index in [0.717, 1.165) is 6.42 Å². The van der Waals surface area contributed by atoms with Crippen molar-refractivity contribution in [3.8, 4) is 0 Å². The molecule has 2 amide bonds. The normalized spacial score (nSPS) is 26.3. The standard InChI is InChI=1S/C15H26F3N3O2/c1-11(2)9-23-13-4-6-21(8-13)14(22)19-12-3-5-20(7-12)10-15(16,17)18/h11-13H,3-10H2,1-2H3,(H,19,22)/t12-,13-/m1/s1. The molecule has 8 heteroatoms. The Balaban J connectivity index is 1.69. The van der Waals surface area contributed by atoms with E-state index >= 15 is 0 Å². The van der Waals surface area contributed by atoms with Crippen LogP contribution in [0.3, 0.4) is 0 Å². The molecule has 0 aliphatic carbocycles. The Morgan fingerprint density at radius 2 is 2.00 bits per heavy atom. The molecule has 0 spiro atoms. The quantitative estimate of drug-likeness (QED) is 0.835. The van der Waals surface area contributed by atoms with Crippen molar-refractivity contribution in [3.63, 3.8) is 0 Å². The highest BCUT2D eigenvalue weighted by Gasteiger charge is 2.35. The second-order valence-corrected chi connectivity index (χ2v) is 6.87. The number of halogens is 3. The topological polar surface area (TPSA) is 44.8 Å². The number of alkyl halides is 3. The third-order valence-electron chi connectivity index (χ3n) is 4.10. The van der Waals surface area contributed by atoms with Gasteiger partial charge in [-0.3, -0.25) is 4.90 Å². The van der Waals surface area contributed by atoms with Gasteiger partial charge >= 0.3 is 12.2 Å². The number of hydrogen-bond acceptors (Lipinski definition) is 3. The number of hydrogen-bond donors (Lipinski definition) is 1. The maximum atomic E-state index is 12.4. The summed E-state index contributed by atoms with van der Waals surface area (Å²) < 4.78 is 42.8. The SMILES string of the molecule is CC(C)CO[C@@H]1CCN(C(=O)N[C@@H]2CCN(CC(F)(F)F)C2)C1. The third kappa shape index (κ3) is 6.18. The van der Waals surface area contributed by atoms with E-state index in [2.05, 4.69) is 19.2 Å². The van der Waals surface area contributed by atoms with E-state index in [1.165, 1.54) is 4.90 Å². The van der Waals surface area contributed by atoms with Crippen LogP contribution in [-0.2, 0) is 4.74 Å². The molecule has 2 fully saturated rings. The van der Waals surface area contributed by atoms with Gasteiger partial charge in [0.2, 0.25) is 0 Å². The van der Waals surface area contributed by atoms with Gasteiger partial charge in [0, 0.05) is 38.8 Å². The number of urea groups is 1. The van der Waals surface area contributed by atoms with Crippen molar-refractivity contribution in [1.82, 2.24) is 15.1 Å². The number of rotatable bonds is 5. The molecule has 0 aromatic carbocycles. The molecule has 2 saturated heterocycles. The Bertz CT molecular complexity index is 404. The fourth-order valence-electron chi connectivity index (χ4n) is 2.99. The molecule has 5 nitrogen and oxygen atoms in total. The van der Waals surface area contributed by atoms with Gasteiger partial charge in [0.05, 0.1) is 12.6 Å². The van der Waals surface area contributed by atoms with Crippen LogP contribution in [0.1, 0.15) is 26.7 Å². The molecule has 0 saturated carbocycles. The number of likely N-dealkylation sites (tertiary alicyclic amines) is 2. The van der Waals surface area contributed by atoms with Gasteiger partial charge in [-0.1, -0.05) is 13.8 Å². The average Bonchev–Trinajstić information content (AvgIpc) is 3.04. The lowest BCUT2D eigenvalue weighted by Crippen LogP contribution is -2.45. The molecular weight excluding hydrogens is 311 g/mol. The summed E-state index contributed by atoms with van der Waals surface area (Å²) in [5.41, 5.74) is 0. The Morgan fingerprint density at radius 1 is 1.26 bits per heavy atom. The van der Waals surface area contributed by atoms with Gasteiger partial charge in [-0.15, -0.1) is 0 Å². The molecule has 0 bridgehead atoms. The molecule has 2 aliphatic heterocycles. The van der Waals surface area contributed by atoms with E-state index in [4.69, 9.17) is 4.74 Å². The summed E-state index contributed by atoms with van der Waals surface area (Å²) in [6, 6.07) is -0.403. The van der Waals surface area contributed by atoms with Crippen LogP contribution in [0.15, 0.2) is 0 Å². The molecule has 2 aliphatic rings. The number of amides is 2. The maximum Gasteiger partial charge on any atom is 0.401 e. The first-order valence-corrected chi connectivity index (χ1v) is 8.19. The summed E-state index contributed by atoms with van der Waals surface area (Å²) in [7, 11) is 0. The average molecular weight is 337 g/mol. The van der Waals surface area contributed by atoms with E-state index in [9.17, 15) is 18.0 Å². The van der Waals surface area contributed by atoms with Gasteiger partial charge in [-0.2, -0.15) is 13.2 Å². The molecule has 1 N–H and O–H groups in total. The van der Waals surface area contributed by atoms with E-state index in [-0.39, 0.29) is 24.7 Å². The first kappa shape index (κ1) is 18.3. The number of carbonyl (C=O) groups excluding carboxylic acids is 1. The summed E-state index contributed by atoms with van der Waals surface area (Å²) in [6.07, 6.45) is -2.75. The van der Waals surface area contributed by atoms with E-state index < -0.39 is 12.7 Å². The summed E-state index contributed by atoms with van der Waals surface area (Å²) >= 11 is 0.